The van der Waals surface area contributed by atoms with E-state index in [1.807, 2.05) is 0 Å². The molecule has 0 unspecified atom stereocenters. The number of hydrogen-bond donors (Lipinski definition) is 1. The molecule has 0 aliphatic carbocycles. The van der Waals surface area contributed by atoms with E-state index in [-0.39, 0.29) is 17.3 Å². The van der Waals surface area contributed by atoms with Crippen LogP contribution in [0.25, 0.3) is 0 Å². The zero-order chi connectivity index (χ0) is 17.9. The number of hydrogen-bond acceptors (Lipinski definition) is 4. The summed E-state index contributed by atoms with van der Waals surface area (Å²) in [5, 5.41) is 13.7. The summed E-state index contributed by atoms with van der Waals surface area (Å²) in [6, 6.07) is 9.40. The molecule has 25 heavy (non-hydrogen) atoms. The summed E-state index contributed by atoms with van der Waals surface area (Å²) in [4.78, 5) is 12.3. The molecule has 1 aromatic carbocycles. The monoisotopic (exact) mass is 361 g/mol. The number of pyridine rings is 1. The molecule has 0 atom stereocenters. The fourth-order valence-corrected chi connectivity index (χ4v) is 4.22. The average Bonchev–Trinajstić information content (AvgIpc) is 3.16. The molecule has 1 fully saturated rings. The van der Waals surface area contributed by atoms with Crippen molar-refractivity contribution in [1.82, 2.24) is 9.62 Å². The number of aromatic nitrogens is 1. The third-order valence-electron chi connectivity index (χ3n) is 4.14. The SMILES string of the molecule is O=C(NCc1ccc(S(=O)(=O)N2CCCC2)cc1)c1cc[n+]([O-])cc1. The molecule has 1 aliphatic heterocycles. The Labute approximate surface area is 146 Å². The van der Waals surface area contributed by atoms with Gasteiger partial charge in [0.2, 0.25) is 10.0 Å². The Morgan fingerprint density at radius 2 is 1.68 bits per heavy atom. The maximum atomic E-state index is 12.5. The second kappa shape index (κ2) is 7.20. The van der Waals surface area contributed by atoms with Crippen LogP contribution in [0.15, 0.2) is 53.7 Å². The lowest BCUT2D eigenvalue weighted by molar-refractivity contribution is -0.605. The summed E-state index contributed by atoms with van der Waals surface area (Å²) < 4.78 is 27.0. The standard InChI is InChI=1S/C17H19N3O4S/c21-17(15-7-11-19(22)12-8-15)18-13-14-3-5-16(6-4-14)25(23,24)20-9-1-2-10-20/h3-8,11-12H,1-2,9-10,13H2,(H,18,21). The van der Waals surface area contributed by atoms with Crippen LogP contribution in [0.5, 0.6) is 0 Å². The zero-order valence-electron chi connectivity index (χ0n) is 13.6. The average molecular weight is 361 g/mol. The van der Waals surface area contributed by atoms with E-state index in [1.54, 1.807) is 24.3 Å². The highest BCUT2D eigenvalue weighted by Gasteiger charge is 2.26. The predicted molar refractivity (Wildman–Crippen MR) is 91.0 cm³/mol. The van der Waals surface area contributed by atoms with Gasteiger partial charge in [-0.1, -0.05) is 12.1 Å². The van der Waals surface area contributed by atoms with Gasteiger partial charge in [-0.15, -0.1) is 0 Å². The van der Waals surface area contributed by atoms with Crippen molar-refractivity contribution in [3.05, 3.63) is 65.1 Å². The molecule has 8 heteroatoms. The number of nitrogens with one attached hydrogen (secondary N) is 1. The molecule has 2 heterocycles. The van der Waals surface area contributed by atoms with Crippen LogP contribution in [-0.4, -0.2) is 31.7 Å². The molecule has 1 N–H and O–H groups in total. The molecule has 2 aromatic rings. The minimum atomic E-state index is -3.42. The van der Waals surface area contributed by atoms with Gasteiger partial charge in [0.15, 0.2) is 12.4 Å². The Hall–Kier alpha value is -2.45. The van der Waals surface area contributed by atoms with E-state index in [9.17, 15) is 18.4 Å². The van der Waals surface area contributed by atoms with E-state index in [4.69, 9.17) is 0 Å². The van der Waals surface area contributed by atoms with Crippen LogP contribution in [0.4, 0.5) is 0 Å². The molecule has 7 nitrogen and oxygen atoms in total. The lowest BCUT2D eigenvalue weighted by Gasteiger charge is -2.15. The van der Waals surface area contributed by atoms with Crippen LogP contribution in [0, 0.1) is 5.21 Å². The van der Waals surface area contributed by atoms with E-state index < -0.39 is 10.0 Å². The number of carbonyl (C=O) groups is 1. The Morgan fingerprint density at radius 3 is 2.28 bits per heavy atom. The van der Waals surface area contributed by atoms with E-state index in [1.165, 1.54) is 28.8 Å². The fourth-order valence-electron chi connectivity index (χ4n) is 2.71. The number of rotatable bonds is 5. The minimum absolute atomic E-state index is 0.271. The van der Waals surface area contributed by atoms with Crippen LogP contribution >= 0.6 is 0 Å². The van der Waals surface area contributed by atoms with Gasteiger partial charge in [-0.2, -0.15) is 9.04 Å². The second-order valence-corrected chi connectivity index (χ2v) is 7.82. The first-order chi connectivity index (χ1) is 12.0. The lowest BCUT2D eigenvalue weighted by atomic mass is 10.2. The van der Waals surface area contributed by atoms with Gasteiger partial charge in [0, 0.05) is 31.8 Å². The summed E-state index contributed by atoms with van der Waals surface area (Å²) in [5.41, 5.74) is 1.18. The number of amides is 1. The smallest absolute Gasteiger partial charge is 0.252 e. The highest BCUT2D eigenvalue weighted by atomic mass is 32.2. The van der Waals surface area contributed by atoms with Crippen LogP contribution in [0.3, 0.4) is 0 Å². The molecule has 1 aliphatic rings. The molecule has 1 aromatic heterocycles. The predicted octanol–water partition coefficient (Wildman–Crippen LogP) is 1.03. The molecule has 0 saturated carbocycles. The van der Waals surface area contributed by atoms with Gasteiger partial charge in [-0.05, 0) is 30.5 Å². The first-order valence-electron chi connectivity index (χ1n) is 8.03. The normalized spacial score (nSPS) is 15.2. The minimum Gasteiger partial charge on any atom is -0.619 e. The third-order valence-corrected chi connectivity index (χ3v) is 6.06. The van der Waals surface area contributed by atoms with Crippen LogP contribution in [0.2, 0.25) is 0 Å². The molecule has 0 bridgehead atoms. The second-order valence-electron chi connectivity index (χ2n) is 5.88. The van der Waals surface area contributed by atoms with E-state index in [0.29, 0.717) is 23.4 Å². The van der Waals surface area contributed by atoms with Crippen LogP contribution in [-0.2, 0) is 16.6 Å². The number of nitrogens with zero attached hydrogens (tertiary/aromatic N) is 2. The van der Waals surface area contributed by atoms with Gasteiger partial charge in [0.1, 0.15) is 0 Å². The molecule has 0 radical (unpaired) electrons. The molecular weight excluding hydrogens is 342 g/mol. The Balaban J connectivity index is 1.63. The Kier molecular flexibility index (Phi) is 5.00. The summed E-state index contributed by atoms with van der Waals surface area (Å²) in [6.07, 6.45) is 4.31. The number of sulfonamides is 1. The van der Waals surface area contributed by atoms with Crippen LogP contribution < -0.4 is 10.0 Å². The Morgan fingerprint density at radius 1 is 1.08 bits per heavy atom. The summed E-state index contributed by atoms with van der Waals surface area (Å²) >= 11 is 0. The number of benzene rings is 1. The third kappa shape index (κ3) is 3.97. The zero-order valence-corrected chi connectivity index (χ0v) is 14.4. The van der Waals surface area contributed by atoms with E-state index >= 15 is 0 Å². The topological polar surface area (TPSA) is 93.4 Å². The fraction of sp³-hybridized carbons (Fsp3) is 0.294. The van der Waals surface area contributed by atoms with Crippen molar-refractivity contribution in [3.8, 4) is 0 Å². The first kappa shape index (κ1) is 17.4. The molecule has 132 valence electrons. The summed E-state index contributed by atoms with van der Waals surface area (Å²) in [7, 11) is -3.42. The maximum Gasteiger partial charge on any atom is 0.252 e. The van der Waals surface area contributed by atoms with E-state index in [0.717, 1.165) is 18.4 Å². The maximum absolute atomic E-state index is 12.5. The largest absolute Gasteiger partial charge is 0.619 e. The van der Waals surface area contributed by atoms with Gasteiger partial charge in [-0.3, -0.25) is 4.79 Å². The molecule has 0 spiro atoms. The van der Waals surface area contributed by atoms with Crippen molar-refractivity contribution >= 4 is 15.9 Å². The van der Waals surface area contributed by atoms with Gasteiger partial charge in [0.05, 0.1) is 10.5 Å². The van der Waals surface area contributed by atoms with Crippen molar-refractivity contribution in [3.63, 3.8) is 0 Å². The van der Waals surface area contributed by atoms with Crippen molar-refractivity contribution in [2.45, 2.75) is 24.3 Å². The van der Waals surface area contributed by atoms with Crippen molar-refractivity contribution in [2.75, 3.05) is 13.1 Å². The summed E-state index contributed by atoms with van der Waals surface area (Å²) in [6.45, 7) is 1.41. The lowest BCUT2D eigenvalue weighted by Crippen LogP contribution is -2.28. The molecule has 3 rings (SSSR count). The molecule has 1 amide bonds. The van der Waals surface area contributed by atoms with Gasteiger partial charge in [-0.25, -0.2) is 8.42 Å². The van der Waals surface area contributed by atoms with Crippen molar-refractivity contribution in [1.29, 1.82) is 0 Å². The number of carbonyl (C=O) groups excluding carboxylic acids is 1. The Bertz CT molecular complexity index is 842. The highest BCUT2D eigenvalue weighted by molar-refractivity contribution is 7.89. The van der Waals surface area contributed by atoms with Gasteiger partial charge >= 0.3 is 0 Å². The molecule has 1 saturated heterocycles. The van der Waals surface area contributed by atoms with E-state index in [2.05, 4.69) is 5.32 Å². The van der Waals surface area contributed by atoms with Gasteiger partial charge in [0.25, 0.3) is 5.91 Å². The molecular formula is C17H19N3O4S. The van der Waals surface area contributed by atoms with Gasteiger partial charge < -0.3 is 10.5 Å². The quantitative estimate of drug-likeness (QED) is 0.636. The highest BCUT2D eigenvalue weighted by Crippen LogP contribution is 2.21. The van der Waals surface area contributed by atoms with Crippen molar-refractivity contribution in [2.24, 2.45) is 0 Å². The van der Waals surface area contributed by atoms with Crippen LogP contribution in [0.1, 0.15) is 28.8 Å². The summed E-state index contributed by atoms with van der Waals surface area (Å²) in [5.74, 6) is -0.297. The van der Waals surface area contributed by atoms with Crippen molar-refractivity contribution < 1.29 is 17.9 Å². The first-order valence-corrected chi connectivity index (χ1v) is 9.47.